The first-order valence-corrected chi connectivity index (χ1v) is 9.89. The van der Waals surface area contributed by atoms with Crippen LogP contribution in [-0.4, -0.2) is 57.1 Å². The topological polar surface area (TPSA) is 66.9 Å². The maximum absolute atomic E-state index is 5.87. The Bertz CT molecular complexity index is 577. The summed E-state index contributed by atoms with van der Waals surface area (Å²) in [4.78, 5) is 4.33. The molecule has 1 aliphatic rings. The van der Waals surface area contributed by atoms with Gasteiger partial charge in [0.05, 0.1) is 19.3 Å². The third-order valence-electron chi connectivity index (χ3n) is 4.68. The lowest BCUT2D eigenvalue weighted by Gasteiger charge is -2.32. The average Bonchev–Trinajstić information content (AvgIpc) is 3.17. The second-order valence-electron chi connectivity index (χ2n) is 7.95. The number of benzene rings is 1. The molecule has 3 unspecified atom stereocenters. The fourth-order valence-electron chi connectivity index (χ4n) is 3.16. The highest BCUT2D eigenvalue weighted by Gasteiger charge is 2.22. The Kier molecular flexibility index (Phi) is 11.3. The van der Waals surface area contributed by atoms with E-state index < -0.39 is 0 Å². The molecule has 0 radical (unpaired) electrons. The number of nitrogens with zero attached hydrogens (tertiary/aromatic N) is 1. The zero-order chi connectivity index (χ0) is 19.7. The van der Waals surface area contributed by atoms with E-state index in [2.05, 4.69) is 72.9 Å². The minimum absolute atomic E-state index is 0. The largest absolute Gasteiger partial charge is 0.379 e. The van der Waals surface area contributed by atoms with Crippen molar-refractivity contribution in [1.82, 2.24) is 16.0 Å². The van der Waals surface area contributed by atoms with Gasteiger partial charge >= 0.3 is 0 Å². The van der Waals surface area contributed by atoms with Crippen LogP contribution >= 0.6 is 24.0 Å². The quantitative estimate of drug-likeness (QED) is 0.274. The predicted molar refractivity (Wildman–Crippen MR) is 127 cm³/mol. The molecule has 3 N–H and O–H groups in total. The summed E-state index contributed by atoms with van der Waals surface area (Å²) >= 11 is 0. The van der Waals surface area contributed by atoms with Crippen LogP contribution in [0.15, 0.2) is 35.3 Å². The van der Waals surface area contributed by atoms with Crippen LogP contribution < -0.4 is 16.0 Å². The second-order valence-corrected chi connectivity index (χ2v) is 7.95. The SMILES string of the molecule is CN=C(NCC(C)(C)NC(C)c1ccccc1)NC(C)COC1CCOC1.I. The fourth-order valence-corrected chi connectivity index (χ4v) is 3.16. The first-order chi connectivity index (χ1) is 12.9. The van der Waals surface area contributed by atoms with Crippen molar-refractivity contribution in [2.75, 3.05) is 33.4 Å². The summed E-state index contributed by atoms with van der Waals surface area (Å²) < 4.78 is 11.2. The molecular weight excluding hydrogens is 467 g/mol. The number of ether oxygens (including phenoxy) is 2. The van der Waals surface area contributed by atoms with Gasteiger partial charge in [-0.3, -0.25) is 4.99 Å². The third kappa shape index (κ3) is 9.07. The molecule has 7 heteroatoms. The Hall–Kier alpha value is -0.900. The van der Waals surface area contributed by atoms with Crippen LogP contribution in [0.4, 0.5) is 0 Å². The summed E-state index contributed by atoms with van der Waals surface area (Å²) in [6, 6.07) is 11.0. The van der Waals surface area contributed by atoms with Crippen LogP contribution in [0.3, 0.4) is 0 Å². The Morgan fingerprint density at radius 1 is 1.29 bits per heavy atom. The van der Waals surface area contributed by atoms with E-state index in [1.165, 1.54) is 5.56 Å². The van der Waals surface area contributed by atoms with E-state index in [1.54, 1.807) is 7.05 Å². The molecule has 160 valence electrons. The Labute approximate surface area is 187 Å². The molecule has 1 aromatic rings. The number of nitrogens with one attached hydrogen (secondary N) is 3. The van der Waals surface area contributed by atoms with E-state index in [0.717, 1.165) is 25.5 Å². The normalized spacial score (nSPS) is 19.6. The molecule has 1 aromatic carbocycles. The van der Waals surface area contributed by atoms with Gasteiger partial charge in [0, 0.05) is 37.8 Å². The van der Waals surface area contributed by atoms with Crippen LogP contribution in [0.1, 0.15) is 45.7 Å². The van der Waals surface area contributed by atoms with Gasteiger partial charge in [-0.1, -0.05) is 30.3 Å². The van der Waals surface area contributed by atoms with E-state index in [1.807, 2.05) is 6.07 Å². The molecule has 1 heterocycles. The van der Waals surface area contributed by atoms with Gasteiger partial charge < -0.3 is 25.4 Å². The van der Waals surface area contributed by atoms with E-state index in [0.29, 0.717) is 13.2 Å². The second kappa shape index (κ2) is 12.6. The smallest absolute Gasteiger partial charge is 0.191 e. The summed E-state index contributed by atoms with van der Waals surface area (Å²) in [7, 11) is 1.79. The van der Waals surface area contributed by atoms with Crippen molar-refractivity contribution in [3.63, 3.8) is 0 Å². The van der Waals surface area contributed by atoms with Crippen molar-refractivity contribution < 1.29 is 9.47 Å². The summed E-state index contributed by atoms with van der Waals surface area (Å²) in [5.41, 5.74) is 1.20. The molecule has 0 aliphatic carbocycles. The number of aliphatic imine (C=N–C) groups is 1. The maximum Gasteiger partial charge on any atom is 0.191 e. The molecule has 0 spiro atoms. The monoisotopic (exact) mass is 504 g/mol. The van der Waals surface area contributed by atoms with E-state index in [9.17, 15) is 0 Å². The molecule has 28 heavy (non-hydrogen) atoms. The molecular formula is C21H37IN4O2. The number of halogens is 1. The van der Waals surface area contributed by atoms with Crippen LogP contribution in [0.25, 0.3) is 0 Å². The summed E-state index contributed by atoms with van der Waals surface area (Å²) in [6.07, 6.45) is 1.21. The Morgan fingerprint density at radius 3 is 2.61 bits per heavy atom. The Morgan fingerprint density at radius 2 is 2.00 bits per heavy atom. The molecule has 3 atom stereocenters. The predicted octanol–water partition coefficient (Wildman–Crippen LogP) is 3.09. The minimum Gasteiger partial charge on any atom is -0.379 e. The van der Waals surface area contributed by atoms with Crippen LogP contribution in [0.2, 0.25) is 0 Å². The van der Waals surface area contributed by atoms with Crippen molar-refractivity contribution in [2.24, 2.45) is 4.99 Å². The molecule has 1 aliphatic heterocycles. The molecule has 0 saturated carbocycles. The van der Waals surface area contributed by atoms with E-state index >= 15 is 0 Å². The van der Waals surface area contributed by atoms with Gasteiger partial charge in [-0.25, -0.2) is 0 Å². The highest BCUT2D eigenvalue weighted by Crippen LogP contribution is 2.15. The van der Waals surface area contributed by atoms with Gasteiger partial charge in [-0.2, -0.15) is 0 Å². The number of rotatable bonds is 9. The van der Waals surface area contributed by atoms with E-state index in [4.69, 9.17) is 9.47 Å². The molecule has 1 fully saturated rings. The lowest BCUT2D eigenvalue weighted by Crippen LogP contribution is -2.53. The van der Waals surface area contributed by atoms with Crippen molar-refractivity contribution in [3.05, 3.63) is 35.9 Å². The first-order valence-electron chi connectivity index (χ1n) is 9.89. The standard InChI is InChI=1S/C21H36N4O2.HI/c1-16(13-27-19-11-12-26-14-19)24-20(22-5)23-15-21(3,4)25-17(2)18-9-7-6-8-10-18;/h6-10,16-17,19,25H,11-15H2,1-5H3,(H2,22,23,24);1H. The van der Waals surface area contributed by atoms with Gasteiger partial charge in [0.15, 0.2) is 5.96 Å². The van der Waals surface area contributed by atoms with Crippen molar-refractivity contribution in [1.29, 1.82) is 0 Å². The summed E-state index contributed by atoms with van der Waals surface area (Å²) in [5, 5.41) is 10.5. The molecule has 2 rings (SSSR count). The lowest BCUT2D eigenvalue weighted by atomic mass is 10.0. The number of guanidine groups is 1. The van der Waals surface area contributed by atoms with Crippen LogP contribution in [-0.2, 0) is 9.47 Å². The Balaban J connectivity index is 0.00000392. The summed E-state index contributed by atoms with van der Waals surface area (Å²) in [6.45, 7) is 11.6. The summed E-state index contributed by atoms with van der Waals surface area (Å²) in [5.74, 6) is 0.788. The average molecular weight is 504 g/mol. The van der Waals surface area contributed by atoms with Crippen molar-refractivity contribution in [3.8, 4) is 0 Å². The van der Waals surface area contributed by atoms with Gasteiger partial charge in [0.1, 0.15) is 0 Å². The third-order valence-corrected chi connectivity index (χ3v) is 4.68. The molecule has 0 amide bonds. The molecule has 6 nitrogen and oxygen atoms in total. The van der Waals surface area contributed by atoms with Crippen LogP contribution in [0.5, 0.6) is 0 Å². The lowest BCUT2D eigenvalue weighted by molar-refractivity contribution is 0.0347. The number of hydrogen-bond acceptors (Lipinski definition) is 4. The highest BCUT2D eigenvalue weighted by atomic mass is 127. The van der Waals surface area contributed by atoms with Gasteiger partial charge in [0.25, 0.3) is 0 Å². The van der Waals surface area contributed by atoms with Crippen molar-refractivity contribution >= 4 is 29.9 Å². The van der Waals surface area contributed by atoms with Gasteiger partial charge in [-0.05, 0) is 39.7 Å². The molecule has 0 bridgehead atoms. The molecule has 0 aromatic heterocycles. The first kappa shape index (κ1) is 25.1. The van der Waals surface area contributed by atoms with Gasteiger partial charge in [-0.15, -0.1) is 24.0 Å². The van der Waals surface area contributed by atoms with E-state index in [-0.39, 0.29) is 47.7 Å². The maximum atomic E-state index is 5.87. The molecule has 1 saturated heterocycles. The van der Waals surface area contributed by atoms with Crippen LogP contribution in [0, 0.1) is 0 Å². The number of hydrogen-bond donors (Lipinski definition) is 3. The van der Waals surface area contributed by atoms with Crippen molar-refractivity contribution in [2.45, 2.75) is 57.8 Å². The zero-order valence-electron chi connectivity index (χ0n) is 17.8. The fraction of sp³-hybridized carbons (Fsp3) is 0.667. The minimum atomic E-state index is -0.0895. The van der Waals surface area contributed by atoms with Gasteiger partial charge in [0.2, 0.25) is 0 Å². The zero-order valence-corrected chi connectivity index (χ0v) is 20.2. The highest BCUT2D eigenvalue weighted by molar-refractivity contribution is 14.0.